The van der Waals surface area contributed by atoms with Crippen LogP contribution in [0.5, 0.6) is 0 Å². The average molecular weight is 1510 g/mol. The molecule has 0 saturated carbocycles. The molecular weight excluding hydrogens is 1430 g/mol. The number of amidine groups is 3. The first-order chi connectivity index (χ1) is 49.0. The van der Waals surface area contributed by atoms with Gasteiger partial charge in [0.15, 0.2) is 17.3 Å². The number of aromatic nitrogens is 3. The van der Waals surface area contributed by atoms with Crippen LogP contribution in [0.4, 0.5) is 17.5 Å². The molecule has 0 atom stereocenters. The molecule has 3 aliphatic heterocycles. The number of carbonyl (C=O) groups excluding carboxylic acids is 6. The Kier molecular flexibility index (Phi) is 25.9. The maximum atomic E-state index is 13.1. The second kappa shape index (κ2) is 35.2. The number of halogens is 5. The van der Waals surface area contributed by atoms with E-state index >= 15 is 0 Å². The summed E-state index contributed by atoms with van der Waals surface area (Å²) in [5.74, 6) is 1.10. The van der Waals surface area contributed by atoms with E-state index in [1.807, 2.05) is 49.9 Å². The monoisotopic (exact) mass is 1510 g/mol. The first kappa shape index (κ1) is 74.9. The zero-order valence-corrected chi connectivity index (χ0v) is 61.1. The van der Waals surface area contributed by atoms with Gasteiger partial charge in [0.1, 0.15) is 35.0 Å². The van der Waals surface area contributed by atoms with Gasteiger partial charge in [-0.1, -0.05) is 137 Å². The topological polar surface area (TPSA) is 258 Å². The molecule has 0 bridgehead atoms. The van der Waals surface area contributed by atoms with Crippen molar-refractivity contribution in [2.45, 2.75) is 85.0 Å². The molecule has 522 valence electrons. The van der Waals surface area contributed by atoms with E-state index in [1.54, 1.807) is 134 Å². The summed E-state index contributed by atoms with van der Waals surface area (Å²) in [4.78, 5) is 96.7. The van der Waals surface area contributed by atoms with Crippen molar-refractivity contribution in [3.63, 3.8) is 0 Å². The zero-order valence-electron chi connectivity index (χ0n) is 56.5. The molecule has 18 nitrogen and oxygen atoms in total. The molecule has 6 heterocycles. The maximum Gasteiger partial charge on any atom is 0.257 e. The van der Waals surface area contributed by atoms with Crippen LogP contribution in [0.1, 0.15) is 157 Å². The Bertz CT molecular complexity index is 4600. The lowest BCUT2D eigenvalue weighted by Crippen LogP contribution is -2.35. The van der Waals surface area contributed by atoms with Crippen molar-refractivity contribution in [2.75, 3.05) is 55.2 Å². The van der Waals surface area contributed by atoms with Crippen molar-refractivity contribution in [3.8, 4) is 0 Å². The SMILES string of the molecule is Cc1cc(Cl)c(CC(=O)c2ccc(C(=N)N3CCCC3)cc2)c(C(=O)Nc2ccc(Cl)cn2)c1.Cc1cc(Cl)c(CC(=O)c2ccc(C(=N)N3CCCCC3)cc2)c(C(=O)Nc2ccc(Cl)cn2)c1.Cc1ccc(CC(=O)c2ccc(C(=N)N3CCCC3)cc2)c(C(=O)Nc2ccc(Br)cn2)c1. The molecule has 0 unspecified atom stereocenters. The summed E-state index contributed by atoms with van der Waals surface area (Å²) < 4.78 is 0.823. The first-order valence-electron chi connectivity index (χ1n) is 33.4. The Morgan fingerprint density at radius 3 is 1.06 bits per heavy atom. The van der Waals surface area contributed by atoms with Gasteiger partial charge in [0.05, 0.1) is 10.0 Å². The fourth-order valence-corrected chi connectivity index (χ4v) is 13.2. The number of amides is 3. The summed E-state index contributed by atoms with van der Waals surface area (Å²) in [5.41, 5.74) is 9.17. The molecule has 23 heteroatoms. The predicted octanol–water partition coefficient (Wildman–Crippen LogP) is 17.2. The van der Waals surface area contributed by atoms with Gasteiger partial charge in [0.25, 0.3) is 17.7 Å². The summed E-state index contributed by atoms with van der Waals surface area (Å²) in [6.45, 7) is 11.0. The van der Waals surface area contributed by atoms with Gasteiger partial charge in [-0.05, 0) is 176 Å². The minimum atomic E-state index is -0.405. The van der Waals surface area contributed by atoms with Crippen LogP contribution in [-0.4, -0.2) is 121 Å². The molecule has 6 N–H and O–H groups in total. The Balaban J connectivity index is 0.000000165. The lowest BCUT2D eigenvalue weighted by Gasteiger charge is -2.29. The number of nitrogens with zero attached hydrogens (tertiary/aromatic N) is 6. The lowest BCUT2D eigenvalue weighted by molar-refractivity contribution is 0.0980. The average Bonchev–Trinajstić information content (AvgIpc) is 0.910. The number of hydrogen-bond acceptors (Lipinski definition) is 12. The van der Waals surface area contributed by atoms with E-state index in [4.69, 9.17) is 62.6 Å². The van der Waals surface area contributed by atoms with E-state index in [-0.39, 0.29) is 42.5 Å². The Morgan fingerprint density at radius 2 is 0.706 bits per heavy atom. The number of nitrogens with one attached hydrogen (secondary N) is 6. The number of rotatable bonds is 18. The minimum Gasteiger partial charge on any atom is -0.357 e. The molecule has 9 aromatic rings. The first-order valence-corrected chi connectivity index (χ1v) is 35.7. The number of pyridine rings is 3. The van der Waals surface area contributed by atoms with E-state index in [2.05, 4.69) is 56.6 Å². The smallest absolute Gasteiger partial charge is 0.257 e. The fraction of sp³-hybridized carbons (Fsp3) is 0.241. The van der Waals surface area contributed by atoms with Crippen molar-refractivity contribution in [2.24, 2.45) is 0 Å². The number of aryl methyl sites for hydroxylation is 3. The molecule has 0 spiro atoms. The van der Waals surface area contributed by atoms with E-state index in [0.29, 0.717) is 105 Å². The number of anilines is 3. The molecule has 12 rings (SSSR count). The molecule has 0 aliphatic carbocycles. The van der Waals surface area contributed by atoms with Gasteiger partial charge >= 0.3 is 0 Å². The number of carbonyl (C=O) groups is 6. The highest BCUT2D eigenvalue weighted by Crippen LogP contribution is 2.29. The minimum absolute atomic E-state index is 0.0289. The number of benzene rings is 6. The molecule has 3 fully saturated rings. The summed E-state index contributed by atoms with van der Waals surface area (Å²) in [7, 11) is 0. The van der Waals surface area contributed by atoms with Gasteiger partial charge < -0.3 is 30.7 Å². The quantitative estimate of drug-likeness (QED) is 0.0266. The number of ketones is 3. The molecule has 3 amide bonds. The van der Waals surface area contributed by atoms with Crippen LogP contribution in [0.2, 0.25) is 20.1 Å². The van der Waals surface area contributed by atoms with Crippen LogP contribution in [0, 0.1) is 37.0 Å². The Hall–Kier alpha value is -9.76. The van der Waals surface area contributed by atoms with Crippen LogP contribution in [0.15, 0.2) is 175 Å². The van der Waals surface area contributed by atoms with Crippen LogP contribution in [-0.2, 0) is 19.3 Å². The summed E-state index contributed by atoms with van der Waals surface area (Å²) in [6.07, 6.45) is 12.4. The number of Topliss-reactive ketones (excluding diaryl/α,β-unsaturated/α-hetero) is 3. The van der Waals surface area contributed by atoms with Crippen molar-refractivity contribution in [1.29, 1.82) is 16.2 Å². The summed E-state index contributed by atoms with van der Waals surface area (Å²) in [6, 6.07) is 43.7. The Labute approximate surface area is 621 Å². The van der Waals surface area contributed by atoms with E-state index < -0.39 is 11.8 Å². The molecule has 6 aromatic carbocycles. The van der Waals surface area contributed by atoms with Crippen molar-refractivity contribution in [1.82, 2.24) is 29.7 Å². The van der Waals surface area contributed by atoms with E-state index in [1.165, 1.54) is 18.8 Å². The van der Waals surface area contributed by atoms with Crippen LogP contribution in [0.25, 0.3) is 0 Å². The molecule has 102 heavy (non-hydrogen) atoms. The fourth-order valence-electron chi connectivity index (χ4n) is 12.1. The standard InChI is InChI=1S/C27H26Cl2N4O2.C26H25BrN4O2.C26H24Cl2N4O2/c1-17-13-22(27(35)32-25-10-9-20(28)16-31-25)21(23(29)14-17)15-24(34)18-5-7-19(8-6-18)26(30)33-11-3-2-4-12-33;1-17-4-5-20(22(14-17)26(33)30-24-11-10-21(27)16-29-24)15-23(32)18-6-8-19(9-7-18)25(28)31-12-2-3-13-31;1-16-12-21(26(34)31-24-9-8-19(27)15-30-24)20(22(28)13-16)14-23(33)17-4-6-18(7-5-17)25(29)32-10-2-3-11-32/h5-10,13-14,16,30H,2-4,11-12,15H2,1H3,(H,31,32,35);4-11,14,16,28H,2-3,12-13,15H2,1H3,(H,29,30,33);4-9,12-13,15,29H,2-3,10-11,14H2,1H3,(H,30,31,34). The third-order valence-electron chi connectivity index (χ3n) is 17.6. The second-order valence-corrected chi connectivity index (χ2v) is 27.8. The van der Waals surface area contributed by atoms with Gasteiger partial charge in [-0.25, -0.2) is 15.0 Å². The normalized spacial score (nSPS) is 13.2. The number of piperidine rings is 1. The van der Waals surface area contributed by atoms with Crippen molar-refractivity contribution >= 4 is 132 Å². The lowest BCUT2D eigenvalue weighted by atomic mass is 9.96. The van der Waals surface area contributed by atoms with Gasteiger partial charge in [-0.15, -0.1) is 0 Å². The summed E-state index contributed by atoms with van der Waals surface area (Å²) in [5, 5.41) is 35.1. The highest BCUT2D eigenvalue weighted by molar-refractivity contribution is 9.10. The maximum absolute atomic E-state index is 13.1. The van der Waals surface area contributed by atoms with Crippen LogP contribution in [0.3, 0.4) is 0 Å². The van der Waals surface area contributed by atoms with Crippen molar-refractivity contribution < 1.29 is 28.8 Å². The third kappa shape index (κ3) is 20.1. The van der Waals surface area contributed by atoms with E-state index in [9.17, 15) is 28.8 Å². The largest absolute Gasteiger partial charge is 0.357 e. The van der Waals surface area contributed by atoms with Gasteiger partial charge in [-0.2, -0.15) is 0 Å². The highest BCUT2D eigenvalue weighted by Gasteiger charge is 2.25. The molecule has 3 aromatic heterocycles. The number of likely N-dealkylation sites (tertiary alicyclic amines) is 3. The van der Waals surface area contributed by atoms with Gasteiger partial charge in [0.2, 0.25) is 0 Å². The Morgan fingerprint density at radius 1 is 0.382 bits per heavy atom. The number of hydrogen-bond donors (Lipinski definition) is 6. The van der Waals surface area contributed by atoms with Crippen molar-refractivity contribution in [3.05, 3.63) is 278 Å². The van der Waals surface area contributed by atoms with Crippen LogP contribution < -0.4 is 16.0 Å². The van der Waals surface area contributed by atoms with Gasteiger partial charge in [0, 0.05) is 142 Å². The second-order valence-electron chi connectivity index (χ2n) is 25.2. The summed E-state index contributed by atoms with van der Waals surface area (Å²) >= 11 is 28.0. The molecule has 0 radical (unpaired) electrons. The van der Waals surface area contributed by atoms with Gasteiger partial charge in [-0.3, -0.25) is 45.0 Å². The highest BCUT2D eigenvalue weighted by atomic mass is 79.9. The molecule has 3 saturated heterocycles. The molecule has 3 aliphatic rings. The molecular formula is C79H75BrCl4N12O6. The van der Waals surface area contributed by atoms with E-state index in [0.717, 1.165) is 116 Å². The predicted molar refractivity (Wildman–Crippen MR) is 409 cm³/mol. The third-order valence-corrected chi connectivity index (χ3v) is 19.2. The van der Waals surface area contributed by atoms with Crippen LogP contribution >= 0.6 is 62.3 Å². The zero-order chi connectivity index (χ0) is 72.6.